The van der Waals surface area contributed by atoms with Crippen LogP contribution in [0, 0.1) is 0 Å². The number of halogens is 1. The number of nitrogens with zero attached hydrogens (tertiary/aromatic N) is 4. The number of hydrazone groups is 1. The fourth-order valence-electron chi connectivity index (χ4n) is 3.17. The SMILES string of the molecule is CC(C)N(C)S(=O)(=O)N(C)C(=O)N1CC(c2ccccc2)C(c2ccc(Cl)cc2)=N1. The van der Waals surface area contributed by atoms with Gasteiger partial charge in [0.2, 0.25) is 0 Å². The van der Waals surface area contributed by atoms with Crippen LogP contribution in [-0.2, 0) is 10.2 Å². The van der Waals surface area contributed by atoms with Crippen LogP contribution in [0.25, 0.3) is 0 Å². The van der Waals surface area contributed by atoms with Gasteiger partial charge in [-0.05, 0) is 37.1 Å². The van der Waals surface area contributed by atoms with E-state index in [0.29, 0.717) is 10.7 Å². The maximum absolute atomic E-state index is 13.0. The number of benzene rings is 2. The van der Waals surface area contributed by atoms with Crippen molar-refractivity contribution in [1.82, 2.24) is 13.6 Å². The molecule has 1 aliphatic heterocycles. The van der Waals surface area contributed by atoms with Crippen LogP contribution >= 0.6 is 11.6 Å². The highest BCUT2D eigenvalue weighted by Crippen LogP contribution is 2.30. The van der Waals surface area contributed by atoms with Gasteiger partial charge in [0.1, 0.15) is 0 Å². The van der Waals surface area contributed by atoms with Crippen LogP contribution in [0.5, 0.6) is 0 Å². The summed E-state index contributed by atoms with van der Waals surface area (Å²) in [6.07, 6.45) is 0. The van der Waals surface area contributed by atoms with Crippen molar-refractivity contribution in [3.8, 4) is 0 Å². The van der Waals surface area contributed by atoms with E-state index in [1.807, 2.05) is 42.5 Å². The van der Waals surface area contributed by atoms with Gasteiger partial charge in [0.15, 0.2) is 0 Å². The molecule has 0 spiro atoms. The highest BCUT2D eigenvalue weighted by Gasteiger charge is 2.38. The topological polar surface area (TPSA) is 73.3 Å². The number of carbonyl (C=O) groups excluding carboxylic acids is 1. The maximum Gasteiger partial charge on any atom is 0.354 e. The summed E-state index contributed by atoms with van der Waals surface area (Å²) in [6, 6.07) is 15.9. The summed E-state index contributed by atoms with van der Waals surface area (Å²) in [5.41, 5.74) is 2.51. The lowest BCUT2D eigenvalue weighted by Gasteiger charge is -2.28. The van der Waals surface area contributed by atoms with E-state index in [2.05, 4.69) is 5.10 Å². The number of carbonyl (C=O) groups is 1. The van der Waals surface area contributed by atoms with Gasteiger partial charge in [-0.25, -0.2) is 14.1 Å². The minimum atomic E-state index is -3.96. The van der Waals surface area contributed by atoms with Crippen molar-refractivity contribution in [1.29, 1.82) is 0 Å². The van der Waals surface area contributed by atoms with E-state index in [0.717, 1.165) is 19.7 Å². The van der Waals surface area contributed by atoms with Crippen LogP contribution in [0.4, 0.5) is 4.79 Å². The third-order valence-electron chi connectivity index (χ3n) is 5.18. The molecule has 0 aliphatic carbocycles. The molecule has 1 atom stereocenters. The van der Waals surface area contributed by atoms with E-state index in [1.165, 1.54) is 19.1 Å². The predicted octanol–water partition coefficient (Wildman–Crippen LogP) is 3.78. The zero-order valence-corrected chi connectivity index (χ0v) is 18.9. The van der Waals surface area contributed by atoms with E-state index >= 15 is 0 Å². The first-order valence-corrected chi connectivity index (χ1v) is 11.3. The summed E-state index contributed by atoms with van der Waals surface area (Å²) in [7, 11) is -1.25. The first kappa shape index (κ1) is 22.3. The second-order valence-corrected chi connectivity index (χ2v) is 9.86. The molecule has 0 fully saturated rings. The molecule has 9 heteroatoms. The zero-order valence-electron chi connectivity index (χ0n) is 17.4. The first-order valence-electron chi connectivity index (χ1n) is 9.55. The largest absolute Gasteiger partial charge is 0.354 e. The summed E-state index contributed by atoms with van der Waals surface area (Å²) >= 11 is 6.02. The molecule has 30 heavy (non-hydrogen) atoms. The fourth-order valence-corrected chi connectivity index (χ4v) is 4.51. The maximum atomic E-state index is 13.0. The Balaban J connectivity index is 1.96. The van der Waals surface area contributed by atoms with Crippen molar-refractivity contribution >= 4 is 33.6 Å². The molecule has 2 aromatic rings. The van der Waals surface area contributed by atoms with Gasteiger partial charge in [0.25, 0.3) is 0 Å². The van der Waals surface area contributed by atoms with Crippen LogP contribution in [-0.4, -0.2) is 60.5 Å². The molecular formula is C21H25ClN4O3S. The number of hydrogen-bond acceptors (Lipinski definition) is 4. The Labute approximate surface area is 182 Å². The van der Waals surface area contributed by atoms with Gasteiger partial charge in [-0.15, -0.1) is 0 Å². The average Bonchev–Trinajstić information content (AvgIpc) is 3.18. The Morgan fingerprint density at radius 2 is 1.70 bits per heavy atom. The van der Waals surface area contributed by atoms with E-state index in [4.69, 9.17) is 11.6 Å². The van der Waals surface area contributed by atoms with Crippen LogP contribution in [0.2, 0.25) is 5.02 Å². The van der Waals surface area contributed by atoms with Crippen molar-refractivity contribution in [3.05, 3.63) is 70.7 Å². The van der Waals surface area contributed by atoms with Crippen LogP contribution in [0.1, 0.15) is 30.9 Å². The molecule has 7 nitrogen and oxygen atoms in total. The number of rotatable bonds is 5. The molecular weight excluding hydrogens is 424 g/mol. The molecule has 1 aliphatic rings. The molecule has 0 N–H and O–H groups in total. The number of amides is 2. The van der Waals surface area contributed by atoms with Gasteiger partial charge >= 0.3 is 16.2 Å². The van der Waals surface area contributed by atoms with Crippen molar-refractivity contribution in [3.63, 3.8) is 0 Å². The van der Waals surface area contributed by atoms with Crippen molar-refractivity contribution in [2.75, 3.05) is 20.6 Å². The second kappa shape index (κ2) is 8.75. The normalized spacial score (nSPS) is 16.8. The van der Waals surface area contributed by atoms with Crippen LogP contribution < -0.4 is 0 Å². The lowest BCUT2D eigenvalue weighted by molar-refractivity contribution is 0.186. The standard InChI is InChI=1S/C21H25ClN4O3S/c1-15(2)24(3)30(28,29)25(4)21(27)26-14-19(16-8-6-5-7-9-16)20(23-26)17-10-12-18(22)13-11-17/h5-13,15,19H,14H2,1-4H3. The molecule has 0 saturated carbocycles. The van der Waals surface area contributed by atoms with Crippen molar-refractivity contribution in [2.24, 2.45) is 5.10 Å². The van der Waals surface area contributed by atoms with Crippen LogP contribution in [0.15, 0.2) is 59.7 Å². The Bertz CT molecular complexity index is 1040. The second-order valence-electron chi connectivity index (χ2n) is 7.41. The number of hydrogen-bond donors (Lipinski definition) is 0. The van der Waals surface area contributed by atoms with E-state index < -0.39 is 16.2 Å². The van der Waals surface area contributed by atoms with Gasteiger partial charge in [-0.3, -0.25) is 0 Å². The van der Waals surface area contributed by atoms with E-state index in [1.54, 1.807) is 26.0 Å². The Hall–Kier alpha value is -2.42. The number of urea groups is 1. The molecule has 0 aromatic heterocycles. The molecule has 3 rings (SSSR count). The quantitative estimate of drug-likeness (QED) is 0.698. The van der Waals surface area contributed by atoms with Gasteiger partial charge in [0, 0.05) is 31.1 Å². The highest BCUT2D eigenvalue weighted by molar-refractivity contribution is 7.87. The summed E-state index contributed by atoms with van der Waals surface area (Å²) in [5.74, 6) is -0.185. The Kier molecular flexibility index (Phi) is 6.50. The molecule has 0 bridgehead atoms. The van der Waals surface area contributed by atoms with Gasteiger partial charge in [-0.2, -0.15) is 17.8 Å². The zero-order chi connectivity index (χ0) is 22.1. The summed E-state index contributed by atoms with van der Waals surface area (Å²) in [4.78, 5) is 13.0. The van der Waals surface area contributed by atoms with Gasteiger partial charge < -0.3 is 0 Å². The smallest absolute Gasteiger partial charge is 0.245 e. The minimum absolute atomic E-state index is 0.185. The molecule has 0 radical (unpaired) electrons. The molecule has 1 heterocycles. The Morgan fingerprint density at radius 1 is 1.10 bits per heavy atom. The lowest BCUT2D eigenvalue weighted by atomic mass is 9.91. The molecule has 0 saturated heterocycles. The molecule has 2 aromatic carbocycles. The van der Waals surface area contributed by atoms with Crippen LogP contribution in [0.3, 0.4) is 0 Å². The predicted molar refractivity (Wildman–Crippen MR) is 119 cm³/mol. The molecule has 160 valence electrons. The van der Waals surface area contributed by atoms with Crippen molar-refractivity contribution in [2.45, 2.75) is 25.8 Å². The van der Waals surface area contributed by atoms with Crippen molar-refractivity contribution < 1.29 is 13.2 Å². The van der Waals surface area contributed by atoms with Gasteiger partial charge in [-0.1, -0.05) is 54.1 Å². The minimum Gasteiger partial charge on any atom is -0.245 e. The molecule has 1 unspecified atom stereocenters. The first-order chi connectivity index (χ1) is 14.1. The van der Waals surface area contributed by atoms with E-state index in [-0.39, 0.29) is 18.5 Å². The summed E-state index contributed by atoms with van der Waals surface area (Å²) < 4.78 is 27.4. The Morgan fingerprint density at radius 3 is 2.27 bits per heavy atom. The molecule has 2 amide bonds. The van der Waals surface area contributed by atoms with E-state index in [9.17, 15) is 13.2 Å². The van der Waals surface area contributed by atoms with Gasteiger partial charge in [0.05, 0.1) is 12.3 Å². The summed E-state index contributed by atoms with van der Waals surface area (Å²) in [5, 5.41) is 6.33. The third kappa shape index (κ3) is 4.35. The monoisotopic (exact) mass is 448 g/mol. The average molecular weight is 449 g/mol. The highest BCUT2D eigenvalue weighted by atomic mass is 35.5. The fraction of sp³-hybridized carbons (Fsp3) is 0.333. The summed E-state index contributed by atoms with van der Waals surface area (Å²) in [6.45, 7) is 3.73. The third-order valence-corrected chi connectivity index (χ3v) is 7.43. The lowest BCUT2D eigenvalue weighted by Crippen LogP contribution is -2.49.